The maximum Gasteiger partial charge on any atom is 0.227 e. The Balaban J connectivity index is 1.70. The van der Waals surface area contributed by atoms with Gasteiger partial charge >= 0.3 is 0 Å². The number of ether oxygens (including phenoxy) is 2. The third-order valence-electron chi connectivity index (χ3n) is 5.91. The zero-order valence-electron chi connectivity index (χ0n) is 21.2. The van der Waals surface area contributed by atoms with Crippen LogP contribution in [0.15, 0.2) is 91.0 Å². The third-order valence-corrected chi connectivity index (χ3v) is 5.91. The number of para-hydroxylation sites is 2. The summed E-state index contributed by atoms with van der Waals surface area (Å²) in [6.07, 6.45) is 5.35. The van der Waals surface area contributed by atoms with E-state index in [1.54, 1.807) is 0 Å². The Kier molecular flexibility index (Phi) is 9.50. The minimum atomic E-state index is -0.690. The first-order valence-corrected chi connectivity index (χ1v) is 12.5. The highest BCUT2D eigenvalue weighted by molar-refractivity contribution is 5.43. The predicted octanol–water partition coefficient (Wildman–Crippen LogP) is 5.24. The second-order valence-electron chi connectivity index (χ2n) is 8.77. The molecule has 0 unspecified atom stereocenters. The summed E-state index contributed by atoms with van der Waals surface area (Å²) >= 11 is 0. The lowest BCUT2D eigenvalue weighted by molar-refractivity contribution is 0.0241. The average molecular weight is 496 g/mol. The van der Waals surface area contributed by atoms with Crippen LogP contribution in [-0.4, -0.2) is 45.6 Å². The quantitative estimate of drug-likeness (QED) is 0.203. The van der Waals surface area contributed by atoms with Crippen LogP contribution in [0.3, 0.4) is 0 Å². The lowest BCUT2D eigenvalue weighted by Crippen LogP contribution is -2.34. The van der Waals surface area contributed by atoms with Crippen molar-refractivity contribution in [3.05, 3.63) is 108 Å². The van der Waals surface area contributed by atoms with E-state index in [9.17, 15) is 5.11 Å². The molecule has 0 saturated heterocycles. The van der Waals surface area contributed by atoms with Gasteiger partial charge in [-0.2, -0.15) is 5.10 Å². The Morgan fingerprint density at radius 3 is 2.24 bits per heavy atom. The molecule has 37 heavy (non-hydrogen) atoms. The molecule has 0 radical (unpaired) electrons. The molecule has 6 nitrogen and oxygen atoms in total. The molecule has 1 N–H and O–H groups in total. The van der Waals surface area contributed by atoms with Crippen molar-refractivity contribution in [2.24, 2.45) is 0 Å². The van der Waals surface area contributed by atoms with Gasteiger partial charge in [0.15, 0.2) is 0 Å². The van der Waals surface area contributed by atoms with Crippen molar-refractivity contribution in [3.8, 4) is 29.7 Å². The van der Waals surface area contributed by atoms with Crippen molar-refractivity contribution in [1.29, 1.82) is 0 Å². The molecule has 0 aliphatic rings. The molecule has 0 saturated carbocycles. The number of terminal acetylenes is 1. The second kappa shape index (κ2) is 13.4. The second-order valence-corrected chi connectivity index (χ2v) is 8.77. The summed E-state index contributed by atoms with van der Waals surface area (Å²) in [7, 11) is 0. The number of aromatic nitrogens is 2. The van der Waals surface area contributed by atoms with Crippen LogP contribution in [0.25, 0.3) is 5.69 Å². The zero-order valence-corrected chi connectivity index (χ0v) is 21.2. The molecule has 0 bridgehead atoms. The summed E-state index contributed by atoms with van der Waals surface area (Å²) in [5, 5.41) is 15.7. The Labute approximate surface area is 219 Å². The summed E-state index contributed by atoms with van der Waals surface area (Å²) in [6, 6.07) is 30.0. The number of hydrogen-bond donors (Lipinski definition) is 1. The highest BCUT2D eigenvalue weighted by atomic mass is 16.5. The minimum absolute atomic E-state index is 0.173. The summed E-state index contributed by atoms with van der Waals surface area (Å²) in [6.45, 7) is 4.04. The molecule has 190 valence electrons. The van der Waals surface area contributed by atoms with E-state index in [0.717, 1.165) is 34.7 Å². The van der Waals surface area contributed by atoms with Crippen molar-refractivity contribution in [1.82, 2.24) is 14.7 Å². The fourth-order valence-electron chi connectivity index (χ4n) is 4.22. The molecule has 4 aromatic rings. The van der Waals surface area contributed by atoms with Crippen LogP contribution in [0, 0.1) is 12.3 Å². The standard InChI is InChI=1S/C31H33N3O3/c1-3-20-36-24-27(35)22-33(21-25-14-8-5-9-15-25)23-29-30(4-2)32-34(26-16-10-6-11-17-26)31(29)37-28-18-12-7-13-19-28/h1,5-19,27,35H,4,20-24H2,2H3/t27-/m1/s1. The van der Waals surface area contributed by atoms with Gasteiger partial charge in [-0.25, -0.2) is 4.68 Å². The van der Waals surface area contributed by atoms with E-state index in [0.29, 0.717) is 25.5 Å². The maximum absolute atomic E-state index is 10.7. The molecule has 0 aliphatic heterocycles. The number of aryl methyl sites for hydroxylation is 1. The number of aliphatic hydroxyl groups excluding tert-OH is 1. The van der Waals surface area contributed by atoms with Gasteiger partial charge in [-0.15, -0.1) is 6.42 Å². The monoisotopic (exact) mass is 495 g/mol. The molecular weight excluding hydrogens is 462 g/mol. The van der Waals surface area contributed by atoms with Gasteiger partial charge in [0.05, 0.1) is 29.7 Å². The Hall–Kier alpha value is -3.89. The molecule has 1 aromatic heterocycles. The van der Waals surface area contributed by atoms with Gasteiger partial charge in [0, 0.05) is 19.6 Å². The normalized spacial score (nSPS) is 11.8. The van der Waals surface area contributed by atoms with Crippen molar-refractivity contribution >= 4 is 0 Å². The largest absolute Gasteiger partial charge is 0.439 e. The van der Waals surface area contributed by atoms with Crippen LogP contribution < -0.4 is 4.74 Å². The SMILES string of the molecule is C#CCOC[C@H](O)CN(Cc1ccccc1)Cc1c(CC)nn(-c2ccccc2)c1Oc1ccccc1. The predicted molar refractivity (Wildman–Crippen MR) is 146 cm³/mol. The molecular formula is C31H33N3O3. The molecule has 0 aliphatic carbocycles. The van der Waals surface area contributed by atoms with Gasteiger partial charge in [-0.05, 0) is 36.2 Å². The van der Waals surface area contributed by atoms with Gasteiger partial charge in [-0.3, -0.25) is 4.90 Å². The van der Waals surface area contributed by atoms with Crippen LogP contribution in [-0.2, 0) is 24.2 Å². The number of benzene rings is 3. The molecule has 4 rings (SSSR count). The zero-order chi connectivity index (χ0) is 25.9. The Morgan fingerprint density at radius 2 is 1.59 bits per heavy atom. The molecule has 1 heterocycles. The summed E-state index contributed by atoms with van der Waals surface area (Å²) in [5.41, 5.74) is 4.01. The Morgan fingerprint density at radius 1 is 0.946 bits per heavy atom. The first kappa shape index (κ1) is 26.2. The van der Waals surface area contributed by atoms with Crippen LogP contribution in [0.4, 0.5) is 0 Å². The molecule has 3 aromatic carbocycles. The van der Waals surface area contributed by atoms with Crippen LogP contribution in [0.5, 0.6) is 11.6 Å². The van der Waals surface area contributed by atoms with E-state index < -0.39 is 6.10 Å². The lowest BCUT2D eigenvalue weighted by Gasteiger charge is -2.25. The summed E-state index contributed by atoms with van der Waals surface area (Å²) in [4.78, 5) is 2.20. The van der Waals surface area contributed by atoms with E-state index in [1.807, 2.05) is 83.5 Å². The number of aliphatic hydroxyl groups is 1. The van der Waals surface area contributed by atoms with E-state index in [1.165, 1.54) is 0 Å². The minimum Gasteiger partial charge on any atom is -0.439 e. The van der Waals surface area contributed by atoms with Crippen LogP contribution in [0.1, 0.15) is 23.7 Å². The topological polar surface area (TPSA) is 59.8 Å². The van der Waals surface area contributed by atoms with E-state index >= 15 is 0 Å². The van der Waals surface area contributed by atoms with Gasteiger partial charge < -0.3 is 14.6 Å². The fourth-order valence-corrected chi connectivity index (χ4v) is 4.22. The molecule has 0 fully saturated rings. The van der Waals surface area contributed by atoms with Crippen molar-refractivity contribution in [2.45, 2.75) is 32.5 Å². The van der Waals surface area contributed by atoms with E-state index in [2.05, 4.69) is 29.9 Å². The van der Waals surface area contributed by atoms with Crippen molar-refractivity contribution in [3.63, 3.8) is 0 Å². The van der Waals surface area contributed by atoms with Crippen LogP contribution >= 0.6 is 0 Å². The number of nitrogens with zero attached hydrogens (tertiary/aromatic N) is 3. The number of rotatable bonds is 13. The van der Waals surface area contributed by atoms with Crippen LogP contribution in [0.2, 0.25) is 0 Å². The average Bonchev–Trinajstić information content (AvgIpc) is 3.27. The van der Waals surface area contributed by atoms with Crippen molar-refractivity contribution < 1.29 is 14.6 Å². The highest BCUT2D eigenvalue weighted by Gasteiger charge is 2.24. The van der Waals surface area contributed by atoms with Gasteiger partial charge in [-0.1, -0.05) is 79.6 Å². The van der Waals surface area contributed by atoms with E-state index in [-0.39, 0.29) is 13.2 Å². The first-order valence-electron chi connectivity index (χ1n) is 12.5. The molecule has 1 atom stereocenters. The lowest BCUT2D eigenvalue weighted by atomic mass is 10.1. The smallest absolute Gasteiger partial charge is 0.227 e. The van der Waals surface area contributed by atoms with Gasteiger partial charge in [0.2, 0.25) is 5.88 Å². The molecule has 6 heteroatoms. The number of hydrogen-bond acceptors (Lipinski definition) is 5. The maximum atomic E-state index is 10.7. The fraction of sp³-hybridized carbons (Fsp3) is 0.258. The van der Waals surface area contributed by atoms with Gasteiger partial charge in [0.25, 0.3) is 0 Å². The molecule has 0 spiro atoms. The van der Waals surface area contributed by atoms with E-state index in [4.69, 9.17) is 21.0 Å². The summed E-state index contributed by atoms with van der Waals surface area (Å²) < 4.78 is 13.7. The third kappa shape index (κ3) is 7.31. The van der Waals surface area contributed by atoms with Crippen molar-refractivity contribution in [2.75, 3.05) is 19.8 Å². The summed E-state index contributed by atoms with van der Waals surface area (Å²) in [5.74, 6) is 3.85. The first-order chi connectivity index (χ1) is 18.2. The Bertz CT molecular complexity index is 1270. The highest BCUT2D eigenvalue weighted by Crippen LogP contribution is 2.32. The molecule has 0 amide bonds. The van der Waals surface area contributed by atoms with Gasteiger partial charge in [0.1, 0.15) is 12.4 Å².